The van der Waals surface area contributed by atoms with Crippen LogP contribution in [0.2, 0.25) is 5.02 Å². The number of benzene rings is 1. The third-order valence-corrected chi connectivity index (χ3v) is 5.69. The molecule has 0 radical (unpaired) electrons. The van der Waals surface area contributed by atoms with Crippen molar-refractivity contribution < 1.29 is 4.79 Å². The Morgan fingerprint density at radius 1 is 1.35 bits per heavy atom. The van der Waals surface area contributed by atoms with Gasteiger partial charge in [0.2, 0.25) is 5.91 Å². The molecule has 9 heteroatoms. The van der Waals surface area contributed by atoms with E-state index in [1.54, 1.807) is 30.6 Å². The zero-order chi connectivity index (χ0) is 18.5. The molecule has 1 aromatic carbocycles. The van der Waals surface area contributed by atoms with E-state index in [0.29, 0.717) is 22.4 Å². The Hall–Kier alpha value is -1.90. The van der Waals surface area contributed by atoms with Gasteiger partial charge in [0.1, 0.15) is 0 Å². The van der Waals surface area contributed by atoms with Crippen LogP contribution in [0.15, 0.2) is 52.4 Å². The second-order valence-corrected chi connectivity index (χ2v) is 7.46. The summed E-state index contributed by atoms with van der Waals surface area (Å²) >= 11 is 10.7. The summed E-state index contributed by atoms with van der Waals surface area (Å²) in [5.41, 5.74) is 1.54. The van der Waals surface area contributed by atoms with Crippen LogP contribution in [0.25, 0.3) is 11.4 Å². The summed E-state index contributed by atoms with van der Waals surface area (Å²) in [6.45, 7) is 2.71. The van der Waals surface area contributed by atoms with Gasteiger partial charge in [0, 0.05) is 34.7 Å². The Balaban J connectivity index is 1.67. The van der Waals surface area contributed by atoms with Gasteiger partial charge in [0.05, 0.1) is 10.8 Å². The van der Waals surface area contributed by atoms with Crippen molar-refractivity contribution in [1.29, 1.82) is 0 Å². The highest BCUT2D eigenvalue weighted by molar-refractivity contribution is 9.10. The van der Waals surface area contributed by atoms with Crippen LogP contribution < -0.4 is 5.32 Å². The van der Waals surface area contributed by atoms with Crippen LogP contribution in [0.3, 0.4) is 0 Å². The zero-order valence-corrected chi connectivity index (χ0v) is 17.0. The molecule has 0 aliphatic heterocycles. The first-order valence-corrected chi connectivity index (χ1v) is 9.95. The predicted octanol–water partition coefficient (Wildman–Crippen LogP) is 4.51. The van der Waals surface area contributed by atoms with Gasteiger partial charge in [-0.15, -0.1) is 10.2 Å². The normalized spacial score (nSPS) is 10.7. The van der Waals surface area contributed by atoms with E-state index in [1.165, 1.54) is 11.8 Å². The van der Waals surface area contributed by atoms with Crippen molar-refractivity contribution in [2.24, 2.45) is 0 Å². The number of nitrogens with one attached hydrogen (secondary N) is 1. The summed E-state index contributed by atoms with van der Waals surface area (Å²) in [6, 6.07) is 9.06. The van der Waals surface area contributed by atoms with Crippen LogP contribution in [-0.2, 0) is 11.3 Å². The number of nitrogens with zero attached hydrogens (tertiary/aromatic N) is 4. The van der Waals surface area contributed by atoms with E-state index >= 15 is 0 Å². The van der Waals surface area contributed by atoms with Crippen LogP contribution >= 0.6 is 39.3 Å². The van der Waals surface area contributed by atoms with E-state index in [-0.39, 0.29) is 11.7 Å². The van der Waals surface area contributed by atoms with Gasteiger partial charge >= 0.3 is 0 Å². The zero-order valence-electron chi connectivity index (χ0n) is 13.8. The van der Waals surface area contributed by atoms with Crippen molar-refractivity contribution in [2.45, 2.75) is 18.6 Å². The van der Waals surface area contributed by atoms with E-state index in [1.807, 2.05) is 23.6 Å². The number of rotatable bonds is 6. The lowest BCUT2D eigenvalue weighted by molar-refractivity contribution is -0.113. The fourth-order valence-electron chi connectivity index (χ4n) is 2.29. The molecule has 2 heterocycles. The number of amides is 1. The summed E-state index contributed by atoms with van der Waals surface area (Å²) in [6.07, 6.45) is 3.46. The minimum Gasteiger partial charge on any atom is -0.325 e. The number of thioether (sulfide) groups is 1. The van der Waals surface area contributed by atoms with Crippen molar-refractivity contribution in [1.82, 2.24) is 19.7 Å². The first-order valence-electron chi connectivity index (χ1n) is 7.79. The van der Waals surface area contributed by atoms with Gasteiger partial charge in [-0.05, 0) is 53.2 Å². The Kier molecular flexibility index (Phi) is 6.29. The maximum absolute atomic E-state index is 12.2. The van der Waals surface area contributed by atoms with Crippen LogP contribution in [0.1, 0.15) is 6.92 Å². The molecule has 1 N–H and O–H groups in total. The number of pyridine rings is 1. The number of hydrogen-bond donors (Lipinski definition) is 1. The fourth-order valence-corrected chi connectivity index (χ4v) is 3.52. The number of carbonyl (C=O) groups is 1. The third-order valence-electron chi connectivity index (χ3n) is 3.49. The fraction of sp³-hybridized carbons (Fsp3) is 0.176. The largest absolute Gasteiger partial charge is 0.325 e. The molecule has 0 atom stereocenters. The lowest BCUT2D eigenvalue weighted by atomic mass is 10.3. The molecule has 0 bridgehead atoms. The standard InChI is InChI=1S/C17H15BrClN5OS/c1-2-24-16(11-4-3-7-20-9-11)22-23-17(24)26-10-15(25)21-12-5-6-13(18)14(19)8-12/h3-9H,2,10H2,1H3,(H,21,25). The van der Waals surface area contributed by atoms with Gasteiger partial charge in [0.15, 0.2) is 11.0 Å². The van der Waals surface area contributed by atoms with Crippen LogP contribution in [0.5, 0.6) is 0 Å². The second-order valence-electron chi connectivity index (χ2n) is 5.26. The van der Waals surface area contributed by atoms with Crippen molar-refractivity contribution in [2.75, 3.05) is 11.1 Å². The van der Waals surface area contributed by atoms with Gasteiger partial charge in [-0.2, -0.15) is 0 Å². The predicted molar refractivity (Wildman–Crippen MR) is 107 cm³/mol. The average Bonchev–Trinajstić information content (AvgIpc) is 3.07. The van der Waals surface area contributed by atoms with Crippen molar-refractivity contribution in [3.63, 3.8) is 0 Å². The van der Waals surface area contributed by atoms with Gasteiger partial charge in [0.25, 0.3) is 0 Å². The monoisotopic (exact) mass is 451 g/mol. The summed E-state index contributed by atoms with van der Waals surface area (Å²) < 4.78 is 2.75. The van der Waals surface area contributed by atoms with Crippen molar-refractivity contribution in [3.05, 3.63) is 52.2 Å². The molecule has 134 valence electrons. The van der Waals surface area contributed by atoms with Crippen molar-refractivity contribution in [3.8, 4) is 11.4 Å². The van der Waals surface area contributed by atoms with Crippen LogP contribution in [0.4, 0.5) is 5.69 Å². The molecule has 26 heavy (non-hydrogen) atoms. The molecule has 3 rings (SSSR count). The maximum atomic E-state index is 12.2. The summed E-state index contributed by atoms with van der Waals surface area (Å²) in [5, 5.41) is 12.5. The first kappa shape index (κ1) is 18.9. The topological polar surface area (TPSA) is 72.7 Å². The lowest BCUT2D eigenvalue weighted by Gasteiger charge is -2.08. The minimum absolute atomic E-state index is 0.137. The molecular formula is C17H15BrClN5OS. The Morgan fingerprint density at radius 3 is 2.88 bits per heavy atom. The number of aromatic nitrogens is 4. The van der Waals surface area contributed by atoms with Gasteiger partial charge in [-0.25, -0.2) is 0 Å². The molecule has 0 unspecified atom stereocenters. The van der Waals surface area contributed by atoms with Gasteiger partial charge in [-0.3, -0.25) is 9.78 Å². The molecule has 2 aromatic heterocycles. The molecule has 0 aliphatic rings. The van der Waals surface area contributed by atoms with E-state index in [4.69, 9.17) is 11.6 Å². The summed E-state index contributed by atoms with van der Waals surface area (Å²) in [5.74, 6) is 0.823. The average molecular weight is 453 g/mol. The molecule has 0 spiro atoms. The van der Waals surface area contributed by atoms with E-state index in [9.17, 15) is 4.79 Å². The molecule has 0 aliphatic carbocycles. The molecule has 0 fully saturated rings. The SMILES string of the molecule is CCn1c(SCC(=O)Nc2ccc(Br)c(Cl)c2)nnc1-c1cccnc1. The molecule has 0 saturated carbocycles. The van der Waals surface area contributed by atoms with Crippen LogP contribution in [0, 0.1) is 0 Å². The highest BCUT2D eigenvalue weighted by Gasteiger charge is 2.15. The first-order chi connectivity index (χ1) is 12.6. The molecule has 0 saturated heterocycles. The summed E-state index contributed by atoms with van der Waals surface area (Å²) in [7, 11) is 0. The highest BCUT2D eigenvalue weighted by Crippen LogP contribution is 2.26. The quantitative estimate of drug-likeness (QED) is 0.557. The number of halogens is 2. The Morgan fingerprint density at radius 2 is 2.19 bits per heavy atom. The Bertz CT molecular complexity index is 919. The van der Waals surface area contributed by atoms with Crippen molar-refractivity contribution >= 4 is 50.9 Å². The lowest BCUT2D eigenvalue weighted by Crippen LogP contribution is -2.14. The minimum atomic E-state index is -0.137. The van der Waals surface area contributed by atoms with Crippen LogP contribution in [-0.4, -0.2) is 31.4 Å². The van der Waals surface area contributed by atoms with E-state index < -0.39 is 0 Å². The Labute approximate surface area is 168 Å². The molecule has 6 nitrogen and oxygen atoms in total. The number of anilines is 1. The smallest absolute Gasteiger partial charge is 0.234 e. The number of hydrogen-bond acceptors (Lipinski definition) is 5. The maximum Gasteiger partial charge on any atom is 0.234 e. The summed E-state index contributed by atoms with van der Waals surface area (Å²) in [4.78, 5) is 16.3. The number of carbonyl (C=O) groups excluding carboxylic acids is 1. The second kappa shape index (κ2) is 8.66. The van der Waals surface area contributed by atoms with E-state index in [2.05, 4.69) is 36.4 Å². The van der Waals surface area contributed by atoms with E-state index in [0.717, 1.165) is 15.9 Å². The van der Waals surface area contributed by atoms with Gasteiger partial charge < -0.3 is 9.88 Å². The molecule has 3 aromatic rings. The molecule has 1 amide bonds. The molecular weight excluding hydrogens is 438 g/mol. The third kappa shape index (κ3) is 4.44. The highest BCUT2D eigenvalue weighted by atomic mass is 79.9. The van der Waals surface area contributed by atoms with Gasteiger partial charge in [-0.1, -0.05) is 23.4 Å².